The lowest BCUT2D eigenvalue weighted by Crippen LogP contribution is -2.18. The molecule has 1 N–H and O–H groups in total. The number of hydrogen-bond donors (Lipinski definition) is 1. The van der Waals surface area contributed by atoms with E-state index in [1.807, 2.05) is 0 Å². The minimum Gasteiger partial charge on any atom is -0.380 e. The summed E-state index contributed by atoms with van der Waals surface area (Å²) in [5, 5.41) is 3.53. The average molecular weight is 231 g/mol. The van der Waals surface area contributed by atoms with Gasteiger partial charge in [0.15, 0.2) is 0 Å². The summed E-state index contributed by atoms with van der Waals surface area (Å²) in [5.41, 5.74) is 3.89. The SMILES string of the molecule is COCc1ccccc1C=C(C)CNC1CC1. The maximum atomic E-state index is 5.21. The maximum Gasteiger partial charge on any atom is 0.0718 e. The molecule has 0 heterocycles. The van der Waals surface area contributed by atoms with Crippen molar-refractivity contribution in [1.82, 2.24) is 5.32 Å². The van der Waals surface area contributed by atoms with Gasteiger partial charge in [0, 0.05) is 19.7 Å². The minimum absolute atomic E-state index is 0.677. The minimum atomic E-state index is 0.677. The first-order valence-corrected chi connectivity index (χ1v) is 6.27. The fraction of sp³-hybridized carbons (Fsp3) is 0.467. The number of nitrogens with one attached hydrogen (secondary N) is 1. The van der Waals surface area contributed by atoms with Crippen LogP contribution < -0.4 is 5.32 Å². The summed E-state index contributed by atoms with van der Waals surface area (Å²) >= 11 is 0. The second-order valence-electron chi connectivity index (χ2n) is 4.78. The molecule has 17 heavy (non-hydrogen) atoms. The molecule has 0 bridgehead atoms. The van der Waals surface area contributed by atoms with Crippen molar-refractivity contribution in [3.8, 4) is 0 Å². The Morgan fingerprint density at radius 1 is 1.41 bits per heavy atom. The molecule has 2 heteroatoms. The molecule has 0 spiro atoms. The summed E-state index contributed by atoms with van der Waals surface area (Å²) in [4.78, 5) is 0. The highest BCUT2D eigenvalue weighted by atomic mass is 16.5. The second kappa shape index (κ2) is 5.99. The third-order valence-corrected chi connectivity index (χ3v) is 3.00. The Labute approximate surface area is 104 Å². The molecular weight excluding hydrogens is 210 g/mol. The van der Waals surface area contributed by atoms with Crippen LogP contribution in [0.1, 0.15) is 30.9 Å². The lowest BCUT2D eigenvalue weighted by molar-refractivity contribution is 0.184. The Morgan fingerprint density at radius 3 is 2.88 bits per heavy atom. The van der Waals surface area contributed by atoms with E-state index in [0.717, 1.165) is 12.6 Å². The lowest BCUT2D eigenvalue weighted by atomic mass is 10.1. The van der Waals surface area contributed by atoms with Crippen molar-refractivity contribution in [3.05, 3.63) is 41.0 Å². The van der Waals surface area contributed by atoms with Gasteiger partial charge in [-0.1, -0.05) is 35.9 Å². The van der Waals surface area contributed by atoms with Gasteiger partial charge in [-0.05, 0) is 30.9 Å². The molecule has 0 saturated heterocycles. The van der Waals surface area contributed by atoms with E-state index in [-0.39, 0.29) is 0 Å². The standard InChI is InChI=1S/C15H21NO/c1-12(10-16-15-7-8-15)9-13-5-3-4-6-14(13)11-17-2/h3-6,9,15-16H,7-8,10-11H2,1-2H3. The van der Waals surface area contributed by atoms with E-state index in [2.05, 4.69) is 42.6 Å². The number of hydrogen-bond acceptors (Lipinski definition) is 2. The predicted octanol–water partition coefficient (Wildman–Crippen LogP) is 2.99. The number of benzene rings is 1. The molecule has 0 aliphatic heterocycles. The van der Waals surface area contributed by atoms with Crippen LogP contribution >= 0.6 is 0 Å². The monoisotopic (exact) mass is 231 g/mol. The Morgan fingerprint density at radius 2 is 2.18 bits per heavy atom. The van der Waals surface area contributed by atoms with Gasteiger partial charge in [-0.15, -0.1) is 0 Å². The highest BCUT2D eigenvalue weighted by Crippen LogP contribution is 2.19. The van der Waals surface area contributed by atoms with Crippen LogP contribution in [0.15, 0.2) is 29.8 Å². The Balaban J connectivity index is 2.01. The molecule has 2 nitrogen and oxygen atoms in total. The topological polar surface area (TPSA) is 21.3 Å². The largest absolute Gasteiger partial charge is 0.380 e. The van der Waals surface area contributed by atoms with Crippen molar-refractivity contribution in [1.29, 1.82) is 0 Å². The summed E-state index contributed by atoms with van der Waals surface area (Å²) in [6.07, 6.45) is 4.94. The molecule has 0 unspecified atom stereocenters. The Kier molecular flexibility index (Phi) is 4.35. The zero-order valence-corrected chi connectivity index (χ0v) is 10.7. The van der Waals surface area contributed by atoms with Crippen molar-refractivity contribution in [2.45, 2.75) is 32.4 Å². The first kappa shape index (κ1) is 12.3. The normalized spacial score (nSPS) is 16.2. The van der Waals surface area contributed by atoms with E-state index in [1.54, 1.807) is 7.11 Å². The predicted molar refractivity (Wildman–Crippen MR) is 71.8 cm³/mol. The van der Waals surface area contributed by atoms with Crippen LogP contribution in [0.5, 0.6) is 0 Å². The van der Waals surface area contributed by atoms with Crippen LogP contribution in [0.2, 0.25) is 0 Å². The van der Waals surface area contributed by atoms with E-state index < -0.39 is 0 Å². The molecule has 0 aromatic heterocycles. The quantitative estimate of drug-likeness (QED) is 0.812. The third-order valence-electron chi connectivity index (χ3n) is 3.00. The first-order valence-electron chi connectivity index (χ1n) is 6.27. The summed E-state index contributed by atoms with van der Waals surface area (Å²) in [7, 11) is 1.74. The van der Waals surface area contributed by atoms with Crippen molar-refractivity contribution in [2.24, 2.45) is 0 Å². The van der Waals surface area contributed by atoms with Crippen LogP contribution in [-0.2, 0) is 11.3 Å². The molecule has 1 saturated carbocycles. The zero-order valence-electron chi connectivity index (χ0n) is 10.7. The molecule has 1 fully saturated rings. The maximum absolute atomic E-state index is 5.21. The molecule has 1 aliphatic carbocycles. The van der Waals surface area contributed by atoms with Gasteiger partial charge in [0.25, 0.3) is 0 Å². The van der Waals surface area contributed by atoms with Gasteiger partial charge in [0.2, 0.25) is 0 Å². The highest BCUT2D eigenvalue weighted by molar-refractivity contribution is 5.56. The Bertz CT molecular complexity index is 394. The average Bonchev–Trinajstić information content (AvgIpc) is 3.13. The summed E-state index contributed by atoms with van der Waals surface area (Å²) in [6, 6.07) is 9.18. The highest BCUT2D eigenvalue weighted by Gasteiger charge is 2.19. The lowest BCUT2D eigenvalue weighted by Gasteiger charge is -2.07. The van der Waals surface area contributed by atoms with Gasteiger partial charge >= 0.3 is 0 Å². The summed E-state index contributed by atoms with van der Waals surface area (Å²) in [6.45, 7) is 3.85. The smallest absolute Gasteiger partial charge is 0.0718 e. The third kappa shape index (κ3) is 3.99. The van der Waals surface area contributed by atoms with Gasteiger partial charge in [-0.3, -0.25) is 0 Å². The summed E-state index contributed by atoms with van der Waals surface area (Å²) in [5.74, 6) is 0. The van der Waals surface area contributed by atoms with Crippen molar-refractivity contribution in [3.63, 3.8) is 0 Å². The van der Waals surface area contributed by atoms with E-state index in [4.69, 9.17) is 4.74 Å². The van der Waals surface area contributed by atoms with Crippen LogP contribution in [0.4, 0.5) is 0 Å². The number of rotatable bonds is 6. The van der Waals surface area contributed by atoms with Crippen molar-refractivity contribution < 1.29 is 4.74 Å². The van der Waals surface area contributed by atoms with Gasteiger partial charge < -0.3 is 10.1 Å². The van der Waals surface area contributed by atoms with Crippen LogP contribution in [0.3, 0.4) is 0 Å². The van der Waals surface area contributed by atoms with Crippen LogP contribution in [-0.4, -0.2) is 19.7 Å². The molecular formula is C15H21NO. The molecule has 92 valence electrons. The second-order valence-corrected chi connectivity index (χ2v) is 4.78. The molecule has 0 radical (unpaired) electrons. The van der Waals surface area contributed by atoms with Crippen molar-refractivity contribution >= 4 is 6.08 Å². The number of ether oxygens (including phenoxy) is 1. The molecule has 1 aromatic rings. The van der Waals surface area contributed by atoms with Gasteiger partial charge in [-0.25, -0.2) is 0 Å². The van der Waals surface area contributed by atoms with E-state index >= 15 is 0 Å². The fourth-order valence-corrected chi connectivity index (χ4v) is 1.87. The summed E-state index contributed by atoms with van der Waals surface area (Å²) < 4.78 is 5.21. The molecule has 0 atom stereocenters. The zero-order chi connectivity index (χ0) is 12.1. The molecule has 1 aliphatic rings. The number of methoxy groups -OCH3 is 1. The molecule has 1 aromatic carbocycles. The van der Waals surface area contributed by atoms with Gasteiger partial charge in [0.1, 0.15) is 0 Å². The first-order chi connectivity index (χ1) is 8.29. The van der Waals surface area contributed by atoms with E-state index in [1.165, 1.54) is 29.5 Å². The van der Waals surface area contributed by atoms with E-state index in [0.29, 0.717) is 6.61 Å². The van der Waals surface area contributed by atoms with Gasteiger partial charge in [-0.2, -0.15) is 0 Å². The van der Waals surface area contributed by atoms with Crippen LogP contribution in [0, 0.1) is 0 Å². The van der Waals surface area contributed by atoms with Gasteiger partial charge in [0.05, 0.1) is 6.61 Å². The molecule has 2 rings (SSSR count). The van der Waals surface area contributed by atoms with Crippen LogP contribution in [0.25, 0.3) is 6.08 Å². The Hall–Kier alpha value is -1.12. The van der Waals surface area contributed by atoms with E-state index in [9.17, 15) is 0 Å². The molecule has 0 amide bonds. The van der Waals surface area contributed by atoms with Crippen molar-refractivity contribution in [2.75, 3.05) is 13.7 Å². The fourth-order valence-electron chi connectivity index (χ4n) is 1.87.